The van der Waals surface area contributed by atoms with E-state index in [0.717, 1.165) is 26.3 Å². The number of amides is 1. The summed E-state index contributed by atoms with van der Waals surface area (Å²) in [5.74, 6) is -0.300. The lowest BCUT2D eigenvalue weighted by Gasteiger charge is -2.43. The summed E-state index contributed by atoms with van der Waals surface area (Å²) >= 11 is 0. The zero-order valence-electron chi connectivity index (χ0n) is 11.4. The van der Waals surface area contributed by atoms with Crippen LogP contribution in [0.4, 0.5) is 0 Å². The first kappa shape index (κ1) is 14.4. The number of nitrogens with one attached hydrogen (secondary N) is 1. The van der Waals surface area contributed by atoms with Gasteiger partial charge in [0.25, 0.3) is 0 Å². The molecule has 1 heterocycles. The molecule has 5 nitrogen and oxygen atoms in total. The molecule has 1 aliphatic heterocycles. The first-order chi connectivity index (χ1) is 7.82. The van der Waals surface area contributed by atoms with Crippen molar-refractivity contribution in [3.8, 4) is 0 Å². The van der Waals surface area contributed by atoms with E-state index in [1.165, 1.54) is 0 Å². The zero-order chi connectivity index (χ0) is 13.1. The molecule has 1 atom stereocenters. The number of hydrogen-bond acceptors (Lipinski definition) is 4. The van der Waals surface area contributed by atoms with Crippen LogP contribution in [-0.2, 0) is 9.53 Å². The van der Waals surface area contributed by atoms with Gasteiger partial charge in [-0.15, -0.1) is 0 Å². The Kier molecular flexibility index (Phi) is 4.52. The lowest BCUT2D eigenvalue weighted by atomic mass is 9.94. The van der Waals surface area contributed by atoms with E-state index < -0.39 is 5.54 Å². The monoisotopic (exact) mass is 243 g/mol. The highest BCUT2D eigenvalue weighted by molar-refractivity contribution is 5.84. The van der Waals surface area contributed by atoms with Gasteiger partial charge in [-0.1, -0.05) is 0 Å². The van der Waals surface area contributed by atoms with Crippen molar-refractivity contribution in [3.05, 3.63) is 0 Å². The smallest absolute Gasteiger partial charge is 0.237 e. The molecule has 1 aliphatic rings. The minimum absolute atomic E-state index is 0.0323. The Bertz CT molecular complexity index is 281. The number of primary amides is 1. The molecular formula is C12H25N3O2. The Morgan fingerprint density at radius 3 is 2.71 bits per heavy atom. The van der Waals surface area contributed by atoms with E-state index in [9.17, 15) is 4.79 Å². The topological polar surface area (TPSA) is 67.6 Å². The highest BCUT2D eigenvalue weighted by atomic mass is 16.5. The number of carbonyl (C=O) groups is 1. The van der Waals surface area contributed by atoms with E-state index in [4.69, 9.17) is 10.5 Å². The number of nitrogens with two attached hydrogens (primary N) is 1. The number of nitrogens with zero attached hydrogens (tertiary/aromatic N) is 1. The van der Waals surface area contributed by atoms with Gasteiger partial charge in [0, 0.05) is 18.6 Å². The van der Waals surface area contributed by atoms with Gasteiger partial charge >= 0.3 is 0 Å². The van der Waals surface area contributed by atoms with Crippen LogP contribution in [0.1, 0.15) is 27.2 Å². The summed E-state index contributed by atoms with van der Waals surface area (Å²) in [6.07, 6.45) is 0.711. The third kappa shape index (κ3) is 3.40. The van der Waals surface area contributed by atoms with Gasteiger partial charge in [-0.25, -0.2) is 0 Å². The molecule has 17 heavy (non-hydrogen) atoms. The summed E-state index contributed by atoms with van der Waals surface area (Å²) in [4.78, 5) is 13.8. The molecular weight excluding hydrogens is 218 g/mol. The molecule has 0 aromatic carbocycles. The standard InChI is InChI=1S/C12H25N3O2/c1-11(2)9-17-8-7-15(11)6-5-12(3,14-4)10(13)16/h14H,5-9H2,1-4H3,(H2,13,16). The molecule has 0 radical (unpaired) electrons. The van der Waals surface area contributed by atoms with Gasteiger partial charge in [-0.3, -0.25) is 9.69 Å². The fraction of sp³-hybridized carbons (Fsp3) is 0.917. The molecule has 1 saturated heterocycles. The van der Waals surface area contributed by atoms with Crippen LogP contribution in [0.5, 0.6) is 0 Å². The van der Waals surface area contributed by atoms with Crippen molar-refractivity contribution < 1.29 is 9.53 Å². The molecule has 0 spiro atoms. The van der Waals surface area contributed by atoms with Crippen LogP contribution in [0.2, 0.25) is 0 Å². The molecule has 0 aromatic rings. The van der Waals surface area contributed by atoms with Crippen LogP contribution in [0, 0.1) is 0 Å². The van der Waals surface area contributed by atoms with Crippen LogP contribution < -0.4 is 11.1 Å². The number of likely N-dealkylation sites (N-methyl/N-ethyl adjacent to an activating group) is 1. The number of rotatable bonds is 5. The zero-order valence-corrected chi connectivity index (χ0v) is 11.4. The third-order valence-corrected chi connectivity index (χ3v) is 3.79. The van der Waals surface area contributed by atoms with Crippen LogP contribution in [0.25, 0.3) is 0 Å². The van der Waals surface area contributed by atoms with Crippen molar-refractivity contribution in [2.75, 3.05) is 33.4 Å². The molecule has 0 bridgehead atoms. The minimum atomic E-state index is -0.631. The summed E-state index contributed by atoms with van der Waals surface area (Å²) in [6.45, 7) is 9.42. The maximum absolute atomic E-state index is 11.4. The molecule has 3 N–H and O–H groups in total. The quantitative estimate of drug-likeness (QED) is 0.710. The van der Waals surface area contributed by atoms with E-state index in [2.05, 4.69) is 24.1 Å². The first-order valence-electron chi connectivity index (χ1n) is 6.13. The Labute approximate surface area is 104 Å². The molecule has 1 amide bonds. The van der Waals surface area contributed by atoms with E-state index >= 15 is 0 Å². The van der Waals surface area contributed by atoms with Gasteiger partial charge in [0.2, 0.25) is 5.91 Å². The van der Waals surface area contributed by atoms with Crippen molar-refractivity contribution >= 4 is 5.91 Å². The van der Waals surface area contributed by atoms with E-state index in [-0.39, 0.29) is 11.4 Å². The van der Waals surface area contributed by atoms with Crippen LogP contribution in [-0.4, -0.2) is 55.2 Å². The van der Waals surface area contributed by atoms with Gasteiger partial charge in [0.05, 0.1) is 18.8 Å². The van der Waals surface area contributed by atoms with Gasteiger partial charge < -0.3 is 15.8 Å². The van der Waals surface area contributed by atoms with E-state index in [1.807, 2.05) is 6.92 Å². The van der Waals surface area contributed by atoms with Crippen LogP contribution in [0.3, 0.4) is 0 Å². The maximum atomic E-state index is 11.4. The van der Waals surface area contributed by atoms with Crippen molar-refractivity contribution in [3.63, 3.8) is 0 Å². The average molecular weight is 243 g/mol. The Balaban J connectivity index is 2.57. The molecule has 0 saturated carbocycles. The normalized spacial score (nSPS) is 24.2. The van der Waals surface area contributed by atoms with Gasteiger partial charge in [0.15, 0.2) is 0 Å². The van der Waals surface area contributed by atoms with E-state index in [1.54, 1.807) is 7.05 Å². The second-order valence-electron chi connectivity index (χ2n) is 5.55. The summed E-state index contributed by atoms with van der Waals surface area (Å²) in [6, 6.07) is 0. The molecule has 100 valence electrons. The SMILES string of the molecule is CNC(C)(CCN1CCOCC1(C)C)C(N)=O. The summed E-state index contributed by atoms with van der Waals surface area (Å²) in [7, 11) is 1.77. The first-order valence-corrected chi connectivity index (χ1v) is 6.13. The van der Waals surface area contributed by atoms with E-state index in [0.29, 0.717) is 6.42 Å². The predicted molar refractivity (Wildman–Crippen MR) is 67.7 cm³/mol. The second-order valence-corrected chi connectivity index (χ2v) is 5.55. The van der Waals surface area contributed by atoms with Crippen molar-refractivity contribution in [1.82, 2.24) is 10.2 Å². The van der Waals surface area contributed by atoms with Crippen molar-refractivity contribution in [1.29, 1.82) is 0 Å². The molecule has 1 fully saturated rings. The lowest BCUT2D eigenvalue weighted by Crippen LogP contribution is -2.57. The van der Waals surface area contributed by atoms with Crippen LogP contribution >= 0.6 is 0 Å². The maximum Gasteiger partial charge on any atom is 0.237 e. The van der Waals surface area contributed by atoms with Crippen molar-refractivity contribution in [2.45, 2.75) is 38.3 Å². The molecule has 1 unspecified atom stereocenters. The fourth-order valence-electron chi connectivity index (χ4n) is 2.04. The Morgan fingerprint density at radius 2 is 2.24 bits per heavy atom. The third-order valence-electron chi connectivity index (χ3n) is 3.79. The number of ether oxygens (including phenoxy) is 1. The minimum Gasteiger partial charge on any atom is -0.378 e. The lowest BCUT2D eigenvalue weighted by molar-refractivity contribution is -0.124. The number of morpholine rings is 1. The predicted octanol–water partition coefficient (Wildman–Crippen LogP) is -0.0493. The van der Waals surface area contributed by atoms with Gasteiger partial charge in [-0.2, -0.15) is 0 Å². The Morgan fingerprint density at radius 1 is 1.59 bits per heavy atom. The summed E-state index contributed by atoms with van der Waals surface area (Å²) in [5, 5.41) is 3.01. The largest absolute Gasteiger partial charge is 0.378 e. The van der Waals surface area contributed by atoms with Crippen molar-refractivity contribution in [2.24, 2.45) is 5.73 Å². The van der Waals surface area contributed by atoms with Gasteiger partial charge in [0.1, 0.15) is 0 Å². The van der Waals surface area contributed by atoms with Gasteiger partial charge in [-0.05, 0) is 34.2 Å². The fourth-order valence-corrected chi connectivity index (χ4v) is 2.04. The number of hydrogen-bond donors (Lipinski definition) is 2. The summed E-state index contributed by atoms with van der Waals surface area (Å²) in [5.41, 5.74) is 4.82. The highest BCUT2D eigenvalue weighted by Gasteiger charge is 2.34. The van der Waals surface area contributed by atoms with Crippen LogP contribution in [0.15, 0.2) is 0 Å². The summed E-state index contributed by atoms with van der Waals surface area (Å²) < 4.78 is 5.47. The second kappa shape index (κ2) is 5.33. The average Bonchev–Trinajstić information content (AvgIpc) is 2.26. The highest BCUT2D eigenvalue weighted by Crippen LogP contribution is 2.21. The molecule has 0 aromatic heterocycles. The Hall–Kier alpha value is -0.650. The molecule has 0 aliphatic carbocycles. The molecule has 1 rings (SSSR count). The molecule has 5 heteroatoms. The number of carbonyl (C=O) groups excluding carboxylic acids is 1.